The van der Waals surface area contributed by atoms with Crippen molar-refractivity contribution in [3.63, 3.8) is 0 Å². The van der Waals surface area contributed by atoms with Crippen LogP contribution in [0.25, 0.3) is 0 Å². The molecule has 0 atom stereocenters. The Morgan fingerprint density at radius 3 is 0.309 bits per heavy atom. The van der Waals surface area contributed by atoms with Crippen molar-refractivity contribution < 1.29 is 60.0 Å². The number of hydrogen-bond donors (Lipinski definition) is 0. The average Bonchev–Trinajstić information content (AvgIpc) is 3.43. The largest absolute Gasteiger partial charge is 0.550 e. The fourth-order valence-electron chi connectivity index (χ4n) is 10.6. The standard InChI is InChI=1S/4C18H36O2.Re/c4*1-2-3-4-5-6-7-8-9-10-11-12-13-14-15-16-17-18(19)20;/h4*2-17H2,1H3,(H,19,20);/p-4. The molecule has 0 rings (SSSR count). The molecule has 1 radical (unpaired) electrons. The van der Waals surface area contributed by atoms with Crippen molar-refractivity contribution in [3.8, 4) is 0 Å². The normalized spacial score (nSPS) is 10.7. The van der Waals surface area contributed by atoms with Crippen molar-refractivity contribution in [2.24, 2.45) is 0 Å². The predicted octanol–water partition coefficient (Wildman–Crippen LogP) is 20.0. The van der Waals surface area contributed by atoms with Crippen LogP contribution in [0.4, 0.5) is 0 Å². The molecular formula is C72H140O8Re-4. The Balaban J connectivity index is -0.000000316. The van der Waals surface area contributed by atoms with Gasteiger partial charge in [-0.2, -0.15) is 0 Å². The van der Waals surface area contributed by atoms with E-state index in [1.54, 1.807) is 0 Å². The molecule has 0 aliphatic heterocycles. The minimum absolute atomic E-state index is 0. The van der Waals surface area contributed by atoms with E-state index in [2.05, 4.69) is 27.7 Å². The Bertz CT molecular complexity index is 990. The molecular weight excluding hydrogens is 1180 g/mol. The van der Waals surface area contributed by atoms with Gasteiger partial charge in [0.1, 0.15) is 0 Å². The van der Waals surface area contributed by atoms with Crippen LogP contribution in [-0.2, 0) is 39.6 Å². The number of aliphatic carboxylic acids is 4. The third-order valence-electron chi connectivity index (χ3n) is 15.9. The number of carbonyl (C=O) groups excluding carboxylic acids is 4. The molecule has 0 aromatic heterocycles. The van der Waals surface area contributed by atoms with E-state index in [4.69, 9.17) is 0 Å². The van der Waals surface area contributed by atoms with E-state index in [9.17, 15) is 39.6 Å². The SMILES string of the molecule is CCCCCCCCCCCCCCCCCC(=O)[O-].CCCCCCCCCCCCCCCCCC(=O)[O-].CCCCCCCCCCCCCCCCCC(=O)[O-].CCCCCCCCCCCCCCCCCC(=O)[O-].[Re]. The Kier molecular flexibility index (Phi) is 92.7. The minimum atomic E-state index is -0.903. The smallest absolute Gasteiger partial charge is 0.0414 e. The Morgan fingerprint density at radius 2 is 0.235 bits per heavy atom. The molecule has 0 aliphatic carbocycles. The van der Waals surface area contributed by atoms with Crippen molar-refractivity contribution in [2.45, 2.75) is 439 Å². The van der Waals surface area contributed by atoms with Crippen LogP contribution in [-0.4, -0.2) is 23.9 Å². The fraction of sp³-hybridized carbons (Fsp3) is 0.944. The van der Waals surface area contributed by atoms with Gasteiger partial charge in [-0.3, -0.25) is 0 Å². The maximum absolute atomic E-state index is 10.2. The van der Waals surface area contributed by atoms with Crippen molar-refractivity contribution in [2.75, 3.05) is 0 Å². The molecule has 0 saturated heterocycles. The Labute approximate surface area is 519 Å². The van der Waals surface area contributed by atoms with Gasteiger partial charge < -0.3 is 39.6 Å². The zero-order valence-electron chi connectivity index (χ0n) is 54.9. The number of carboxylic acids is 4. The summed E-state index contributed by atoms with van der Waals surface area (Å²) in [5.41, 5.74) is 0. The van der Waals surface area contributed by atoms with E-state index in [-0.39, 0.29) is 46.1 Å². The second kappa shape index (κ2) is 85.0. The molecule has 0 saturated carbocycles. The van der Waals surface area contributed by atoms with Crippen molar-refractivity contribution in [3.05, 3.63) is 0 Å². The number of unbranched alkanes of at least 4 members (excludes halogenated alkanes) is 56. The van der Waals surface area contributed by atoms with Crippen molar-refractivity contribution in [1.82, 2.24) is 0 Å². The molecule has 0 fully saturated rings. The molecule has 81 heavy (non-hydrogen) atoms. The second-order valence-electron chi connectivity index (χ2n) is 24.3. The summed E-state index contributed by atoms with van der Waals surface area (Å²) in [4.78, 5) is 40.9. The monoisotopic (exact) mass is 1320 g/mol. The zero-order chi connectivity index (χ0) is 59.6. The molecule has 9 heteroatoms. The first-order chi connectivity index (χ1) is 39.1. The van der Waals surface area contributed by atoms with E-state index in [1.807, 2.05) is 0 Å². The average molecular weight is 1320 g/mol. The van der Waals surface area contributed by atoms with E-state index in [1.165, 1.54) is 334 Å². The molecule has 0 N–H and O–H groups in total. The van der Waals surface area contributed by atoms with Gasteiger partial charge in [0.25, 0.3) is 0 Å². The summed E-state index contributed by atoms with van der Waals surface area (Å²) < 4.78 is 0. The first-order valence-electron chi connectivity index (χ1n) is 35.9. The van der Waals surface area contributed by atoms with Gasteiger partial charge in [-0.25, -0.2) is 0 Å². The molecule has 0 aromatic carbocycles. The summed E-state index contributed by atoms with van der Waals surface area (Å²) in [5.74, 6) is -3.61. The van der Waals surface area contributed by atoms with Gasteiger partial charge in [-0.1, -0.05) is 387 Å². The van der Waals surface area contributed by atoms with Crippen LogP contribution in [0.15, 0.2) is 0 Å². The maximum Gasteiger partial charge on any atom is 0.0414 e. The van der Waals surface area contributed by atoms with E-state index in [0.29, 0.717) is 0 Å². The van der Waals surface area contributed by atoms with Crippen molar-refractivity contribution >= 4 is 23.9 Å². The zero-order valence-corrected chi connectivity index (χ0v) is 57.6. The summed E-state index contributed by atoms with van der Waals surface area (Å²) in [7, 11) is 0. The van der Waals surface area contributed by atoms with Crippen LogP contribution in [0.2, 0.25) is 0 Å². The van der Waals surface area contributed by atoms with Crippen LogP contribution in [0.1, 0.15) is 439 Å². The first kappa shape index (κ1) is 88.3. The summed E-state index contributed by atoms with van der Waals surface area (Å²) in [6.45, 7) is 9.07. The number of hydrogen-bond acceptors (Lipinski definition) is 8. The van der Waals surface area contributed by atoms with Gasteiger partial charge in [0.2, 0.25) is 0 Å². The quantitative estimate of drug-likeness (QED) is 0.0544. The molecule has 0 spiro atoms. The molecule has 487 valence electrons. The summed E-state index contributed by atoms with van der Waals surface area (Å²) in [6, 6.07) is 0. The second-order valence-corrected chi connectivity index (χ2v) is 24.3. The van der Waals surface area contributed by atoms with Gasteiger partial charge >= 0.3 is 0 Å². The van der Waals surface area contributed by atoms with Crippen LogP contribution in [0.5, 0.6) is 0 Å². The van der Waals surface area contributed by atoms with Crippen LogP contribution < -0.4 is 20.4 Å². The molecule has 0 heterocycles. The Hall–Kier alpha value is -1.46. The first-order valence-corrected chi connectivity index (χ1v) is 35.9. The maximum atomic E-state index is 10.2. The van der Waals surface area contributed by atoms with Crippen molar-refractivity contribution in [1.29, 1.82) is 0 Å². The molecule has 0 aliphatic rings. The molecule has 0 aromatic rings. The predicted molar refractivity (Wildman–Crippen MR) is 338 cm³/mol. The van der Waals surface area contributed by atoms with Crippen LogP contribution >= 0.6 is 0 Å². The summed E-state index contributed by atoms with van der Waals surface area (Å²) in [6.07, 6.45) is 79.4. The van der Waals surface area contributed by atoms with E-state index in [0.717, 1.165) is 51.4 Å². The van der Waals surface area contributed by atoms with Gasteiger partial charge in [-0.15, -0.1) is 0 Å². The van der Waals surface area contributed by atoms with E-state index >= 15 is 0 Å². The van der Waals surface area contributed by atoms with Gasteiger partial charge in [0.15, 0.2) is 0 Å². The molecule has 0 unspecified atom stereocenters. The van der Waals surface area contributed by atoms with Gasteiger partial charge in [-0.05, 0) is 51.4 Å². The van der Waals surface area contributed by atoms with Crippen LogP contribution in [0, 0.1) is 0 Å². The fourth-order valence-corrected chi connectivity index (χ4v) is 10.6. The number of rotatable bonds is 64. The van der Waals surface area contributed by atoms with E-state index < -0.39 is 23.9 Å². The number of carboxylic acid groups (broad SMARTS) is 4. The molecule has 0 bridgehead atoms. The van der Waals surface area contributed by atoms with Gasteiger partial charge in [0.05, 0.1) is 0 Å². The molecule has 8 nitrogen and oxygen atoms in total. The minimum Gasteiger partial charge on any atom is -0.550 e. The number of carbonyl (C=O) groups is 4. The summed E-state index contributed by atoms with van der Waals surface area (Å²) >= 11 is 0. The van der Waals surface area contributed by atoms with Crippen LogP contribution in [0.3, 0.4) is 0 Å². The third kappa shape index (κ3) is 104. The topological polar surface area (TPSA) is 161 Å². The summed E-state index contributed by atoms with van der Waals surface area (Å²) in [5, 5.41) is 40.9. The third-order valence-corrected chi connectivity index (χ3v) is 15.9. The molecule has 0 amide bonds. The Morgan fingerprint density at radius 1 is 0.160 bits per heavy atom. The van der Waals surface area contributed by atoms with Gasteiger partial charge in [0, 0.05) is 44.3 Å².